The quantitative estimate of drug-likeness (QED) is 0.709. The summed E-state index contributed by atoms with van der Waals surface area (Å²) in [4.78, 5) is 17.6. The number of aryl methyl sites for hydroxylation is 1. The van der Waals surface area contributed by atoms with Crippen molar-refractivity contribution in [2.75, 3.05) is 38.6 Å². The van der Waals surface area contributed by atoms with Crippen molar-refractivity contribution >= 4 is 22.9 Å². The van der Waals surface area contributed by atoms with Gasteiger partial charge in [-0.3, -0.25) is 9.69 Å². The highest BCUT2D eigenvalue weighted by Crippen LogP contribution is 2.16. The van der Waals surface area contributed by atoms with Crippen molar-refractivity contribution in [3.05, 3.63) is 52.2 Å². The normalized spacial score (nSPS) is 10.8. The van der Waals surface area contributed by atoms with Crippen molar-refractivity contribution in [3.63, 3.8) is 0 Å². The fourth-order valence-electron chi connectivity index (χ4n) is 2.52. The minimum absolute atomic E-state index is 0.0917. The molecule has 0 radical (unpaired) electrons. The number of carbonyl (C=O) groups excluding carboxylic acids is 1. The smallest absolute Gasteiger partial charge is 0.234 e. The molecule has 1 aromatic heterocycles. The molecule has 0 unspecified atom stereocenters. The number of hydrogen-bond acceptors (Lipinski definition) is 4. The van der Waals surface area contributed by atoms with Crippen LogP contribution in [0.15, 0.2) is 41.8 Å². The molecule has 5 heteroatoms. The van der Waals surface area contributed by atoms with E-state index in [4.69, 9.17) is 0 Å². The standard InChI is InChI=1S/C19H27N3OS/c1-16-10-13-24-18(16)14-21(2)15-19(23)20-11-7-12-22(3)17-8-5-4-6-9-17/h4-6,8-10,13H,7,11-12,14-15H2,1-3H3,(H,20,23). The fraction of sp³-hybridized carbons (Fsp3) is 0.421. The van der Waals surface area contributed by atoms with E-state index in [-0.39, 0.29) is 5.91 Å². The third kappa shape index (κ3) is 5.98. The SMILES string of the molecule is Cc1ccsc1CN(C)CC(=O)NCCCN(C)c1ccccc1. The number of likely N-dealkylation sites (N-methyl/N-ethyl adjacent to an activating group) is 1. The molecule has 1 heterocycles. The first-order chi connectivity index (χ1) is 11.6. The summed E-state index contributed by atoms with van der Waals surface area (Å²) in [5, 5.41) is 5.11. The Kier molecular flexibility index (Phi) is 7.28. The van der Waals surface area contributed by atoms with Gasteiger partial charge in [-0.1, -0.05) is 18.2 Å². The summed E-state index contributed by atoms with van der Waals surface area (Å²) in [6.07, 6.45) is 0.935. The van der Waals surface area contributed by atoms with Gasteiger partial charge in [-0.25, -0.2) is 0 Å². The van der Waals surface area contributed by atoms with Crippen LogP contribution < -0.4 is 10.2 Å². The molecule has 2 aromatic rings. The molecule has 0 bridgehead atoms. The van der Waals surface area contributed by atoms with Crippen LogP contribution in [0.3, 0.4) is 0 Å². The Balaban J connectivity index is 1.62. The number of benzene rings is 1. The van der Waals surface area contributed by atoms with E-state index in [2.05, 4.69) is 52.7 Å². The highest BCUT2D eigenvalue weighted by atomic mass is 32.1. The van der Waals surface area contributed by atoms with Gasteiger partial charge in [0.05, 0.1) is 6.54 Å². The molecule has 130 valence electrons. The van der Waals surface area contributed by atoms with Gasteiger partial charge in [0.15, 0.2) is 0 Å². The number of thiophene rings is 1. The molecule has 0 saturated heterocycles. The molecular weight excluding hydrogens is 318 g/mol. The van der Waals surface area contributed by atoms with Gasteiger partial charge in [0, 0.05) is 37.2 Å². The van der Waals surface area contributed by atoms with Crippen LogP contribution >= 0.6 is 11.3 Å². The molecule has 0 aliphatic carbocycles. The third-order valence-electron chi connectivity index (χ3n) is 3.98. The minimum atomic E-state index is 0.0917. The van der Waals surface area contributed by atoms with Gasteiger partial charge in [0.2, 0.25) is 5.91 Å². The van der Waals surface area contributed by atoms with Crippen molar-refractivity contribution in [1.82, 2.24) is 10.2 Å². The lowest BCUT2D eigenvalue weighted by Crippen LogP contribution is -2.36. The lowest BCUT2D eigenvalue weighted by molar-refractivity contribution is -0.122. The average molecular weight is 346 g/mol. The Morgan fingerprint density at radius 1 is 1.17 bits per heavy atom. The van der Waals surface area contributed by atoms with Crippen LogP contribution in [0.2, 0.25) is 0 Å². The number of anilines is 1. The molecule has 0 aliphatic heterocycles. The molecule has 0 aliphatic rings. The van der Waals surface area contributed by atoms with Crippen molar-refractivity contribution in [1.29, 1.82) is 0 Å². The van der Waals surface area contributed by atoms with Crippen molar-refractivity contribution in [2.45, 2.75) is 19.9 Å². The Bertz CT molecular complexity index is 627. The molecule has 1 amide bonds. The maximum atomic E-state index is 12.0. The molecule has 4 nitrogen and oxygen atoms in total. The van der Waals surface area contributed by atoms with Gasteiger partial charge >= 0.3 is 0 Å². The van der Waals surface area contributed by atoms with E-state index < -0.39 is 0 Å². The second kappa shape index (κ2) is 9.45. The van der Waals surface area contributed by atoms with E-state index in [1.165, 1.54) is 16.1 Å². The molecule has 0 saturated carbocycles. The Morgan fingerprint density at radius 3 is 2.58 bits per heavy atom. The van der Waals surface area contributed by atoms with Crippen molar-refractivity contribution < 1.29 is 4.79 Å². The van der Waals surface area contributed by atoms with E-state index in [1.54, 1.807) is 11.3 Å². The van der Waals surface area contributed by atoms with Crippen LogP contribution in [0.4, 0.5) is 5.69 Å². The van der Waals surface area contributed by atoms with Crippen LogP contribution in [-0.4, -0.2) is 44.5 Å². The van der Waals surface area contributed by atoms with E-state index in [0.29, 0.717) is 13.1 Å². The van der Waals surface area contributed by atoms with Crippen molar-refractivity contribution in [2.24, 2.45) is 0 Å². The molecule has 24 heavy (non-hydrogen) atoms. The van der Waals surface area contributed by atoms with E-state index in [0.717, 1.165) is 19.5 Å². The predicted molar refractivity (Wildman–Crippen MR) is 103 cm³/mol. The van der Waals surface area contributed by atoms with E-state index in [1.807, 2.05) is 25.2 Å². The molecule has 1 N–H and O–H groups in total. The molecular formula is C19H27N3OS. The first kappa shape index (κ1) is 18.5. The Hall–Kier alpha value is -1.85. The summed E-state index contributed by atoms with van der Waals surface area (Å²) in [7, 11) is 4.07. The Labute approximate surface area is 149 Å². The number of carbonyl (C=O) groups is 1. The van der Waals surface area contributed by atoms with Crippen LogP contribution in [0.25, 0.3) is 0 Å². The number of para-hydroxylation sites is 1. The van der Waals surface area contributed by atoms with Crippen LogP contribution in [0, 0.1) is 6.92 Å². The number of nitrogens with one attached hydrogen (secondary N) is 1. The monoisotopic (exact) mass is 345 g/mol. The Morgan fingerprint density at radius 2 is 1.92 bits per heavy atom. The summed E-state index contributed by atoms with van der Waals surface area (Å²) in [5.41, 5.74) is 2.51. The van der Waals surface area contributed by atoms with Gasteiger partial charge in [0.25, 0.3) is 0 Å². The first-order valence-corrected chi connectivity index (χ1v) is 9.18. The number of nitrogens with zero attached hydrogens (tertiary/aromatic N) is 2. The second-order valence-electron chi connectivity index (χ2n) is 6.16. The largest absolute Gasteiger partial charge is 0.375 e. The molecule has 0 fully saturated rings. The van der Waals surface area contributed by atoms with Gasteiger partial charge in [-0.2, -0.15) is 0 Å². The number of rotatable bonds is 9. The second-order valence-corrected chi connectivity index (χ2v) is 7.16. The molecule has 0 atom stereocenters. The van der Waals surface area contributed by atoms with E-state index in [9.17, 15) is 4.79 Å². The summed E-state index contributed by atoms with van der Waals surface area (Å²) in [6.45, 7) is 5.01. The lowest BCUT2D eigenvalue weighted by atomic mass is 10.3. The summed E-state index contributed by atoms with van der Waals surface area (Å²) < 4.78 is 0. The lowest BCUT2D eigenvalue weighted by Gasteiger charge is -2.19. The van der Waals surface area contributed by atoms with E-state index >= 15 is 0 Å². The predicted octanol–water partition coefficient (Wildman–Crippen LogP) is 3.13. The number of hydrogen-bond donors (Lipinski definition) is 1. The maximum Gasteiger partial charge on any atom is 0.234 e. The fourth-order valence-corrected chi connectivity index (χ4v) is 3.51. The van der Waals surface area contributed by atoms with Crippen molar-refractivity contribution in [3.8, 4) is 0 Å². The molecule has 2 rings (SSSR count). The topological polar surface area (TPSA) is 35.6 Å². The van der Waals surface area contributed by atoms with Crippen LogP contribution in [0.5, 0.6) is 0 Å². The zero-order valence-electron chi connectivity index (χ0n) is 14.8. The summed E-state index contributed by atoms with van der Waals surface area (Å²) in [5.74, 6) is 0.0917. The zero-order chi connectivity index (χ0) is 17.4. The summed E-state index contributed by atoms with van der Waals surface area (Å²) in [6, 6.07) is 12.4. The maximum absolute atomic E-state index is 12.0. The van der Waals surface area contributed by atoms with Crippen LogP contribution in [-0.2, 0) is 11.3 Å². The van der Waals surface area contributed by atoms with Gasteiger partial charge in [-0.05, 0) is 49.5 Å². The average Bonchev–Trinajstić information content (AvgIpc) is 2.97. The molecule has 1 aromatic carbocycles. The zero-order valence-corrected chi connectivity index (χ0v) is 15.6. The molecule has 0 spiro atoms. The van der Waals surface area contributed by atoms with Gasteiger partial charge in [0.1, 0.15) is 0 Å². The highest BCUT2D eigenvalue weighted by molar-refractivity contribution is 7.10. The van der Waals surface area contributed by atoms with Gasteiger partial charge < -0.3 is 10.2 Å². The minimum Gasteiger partial charge on any atom is -0.375 e. The third-order valence-corrected chi connectivity index (χ3v) is 4.99. The number of amides is 1. The van der Waals surface area contributed by atoms with Crippen LogP contribution in [0.1, 0.15) is 16.9 Å². The summed E-state index contributed by atoms with van der Waals surface area (Å²) >= 11 is 1.75. The van der Waals surface area contributed by atoms with Gasteiger partial charge in [-0.15, -0.1) is 11.3 Å². The first-order valence-electron chi connectivity index (χ1n) is 8.30. The highest BCUT2D eigenvalue weighted by Gasteiger charge is 2.09.